The summed E-state index contributed by atoms with van der Waals surface area (Å²) in [5, 5.41) is 13.0. The van der Waals surface area contributed by atoms with Crippen molar-refractivity contribution in [3.05, 3.63) is 95.8 Å². The fraction of sp³-hybridized carbons (Fsp3) is 0.136. The van der Waals surface area contributed by atoms with Crippen LogP contribution in [-0.2, 0) is 0 Å². The van der Waals surface area contributed by atoms with Crippen LogP contribution in [-0.4, -0.2) is 30.1 Å². The minimum atomic E-state index is -0.735. The zero-order valence-electron chi connectivity index (χ0n) is 14.6. The van der Waals surface area contributed by atoms with Gasteiger partial charge < -0.3 is 15.2 Å². The molecular weight excluding hydrogens is 345 g/mol. The number of ether oxygens (including phenoxy) is 1. The number of aliphatic hydroxyl groups excluding tert-OH is 1. The number of nitrogens with one attached hydrogen (secondary N) is 1. The van der Waals surface area contributed by atoms with E-state index in [2.05, 4.69) is 5.32 Å². The van der Waals surface area contributed by atoms with Gasteiger partial charge in [-0.25, -0.2) is 4.39 Å². The normalized spacial score (nSPS) is 11.6. The van der Waals surface area contributed by atoms with Crippen LogP contribution >= 0.6 is 0 Å². The van der Waals surface area contributed by atoms with E-state index in [-0.39, 0.29) is 24.8 Å². The Labute approximate surface area is 157 Å². The lowest BCUT2D eigenvalue weighted by Gasteiger charge is -2.14. The Morgan fingerprint density at radius 1 is 0.926 bits per heavy atom. The molecule has 0 spiro atoms. The summed E-state index contributed by atoms with van der Waals surface area (Å²) in [6.45, 7) is 0.371. The highest BCUT2D eigenvalue weighted by molar-refractivity contribution is 6.08. The highest BCUT2D eigenvalue weighted by atomic mass is 19.1. The maximum Gasteiger partial charge on any atom is 0.193 e. The summed E-state index contributed by atoms with van der Waals surface area (Å²) in [5.74, 6) is 0.213. The van der Waals surface area contributed by atoms with Gasteiger partial charge in [-0.3, -0.25) is 4.79 Å². The third-order valence-electron chi connectivity index (χ3n) is 3.98. The van der Waals surface area contributed by atoms with Gasteiger partial charge in [-0.1, -0.05) is 30.3 Å². The number of hydrogen-bond donors (Lipinski definition) is 2. The Morgan fingerprint density at radius 3 is 2.22 bits per heavy atom. The Bertz CT molecular complexity index is 864. The maximum absolute atomic E-state index is 12.9. The van der Waals surface area contributed by atoms with Crippen molar-refractivity contribution in [3.63, 3.8) is 0 Å². The summed E-state index contributed by atoms with van der Waals surface area (Å²) in [6, 6.07) is 21.8. The third-order valence-corrected chi connectivity index (χ3v) is 3.98. The average Bonchev–Trinajstić information content (AvgIpc) is 2.72. The molecule has 0 aliphatic carbocycles. The molecule has 0 fully saturated rings. The number of halogens is 1. The quantitative estimate of drug-likeness (QED) is 0.594. The van der Waals surface area contributed by atoms with E-state index in [9.17, 15) is 14.3 Å². The molecule has 0 saturated carbocycles. The molecule has 2 N–H and O–H groups in total. The topological polar surface area (TPSA) is 58.6 Å². The molecule has 1 atom stereocenters. The molecule has 0 saturated heterocycles. The zero-order chi connectivity index (χ0) is 19.1. The maximum atomic E-state index is 12.9. The van der Waals surface area contributed by atoms with Gasteiger partial charge in [0.25, 0.3) is 0 Å². The summed E-state index contributed by atoms with van der Waals surface area (Å²) in [4.78, 5) is 12.4. The number of carbonyl (C=O) groups is 1. The number of hydrogen-bond acceptors (Lipinski definition) is 4. The smallest absolute Gasteiger partial charge is 0.193 e. The standard InChI is InChI=1S/C22H20FNO3/c23-18-8-10-19(11-9-18)24-14-20(25)15-27-21-12-6-17(7-13-21)22(26)16-4-2-1-3-5-16/h1-13,20,24-25H,14-15H2/t20-/m1/s1. The van der Waals surface area contributed by atoms with Crippen LogP contribution in [0.15, 0.2) is 78.9 Å². The fourth-order valence-corrected chi connectivity index (χ4v) is 2.51. The monoisotopic (exact) mass is 365 g/mol. The Hall–Kier alpha value is -3.18. The van der Waals surface area contributed by atoms with E-state index < -0.39 is 6.10 Å². The Morgan fingerprint density at radius 2 is 1.56 bits per heavy atom. The van der Waals surface area contributed by atoms with Gasteiger partial charge in [0.1, 0.15) is 24.3 Å². The van der Waals surface area contributed by atoms with E-state index in [4.69, 9.17) is 4.74 Å². The summed E-state index contributed by atoms with van der Waals surface area (Å²) in [7, 11) is 0. The van der Waals surface area contributed by atoms with Gasteiger partial charge in [0.2, 0.25) is 0 Å². The lowest BCUT2D eigenvalue weighted by molar-refractivity contribution is 0.103. The highest BCUT2D eigenvalue weighted by Gasteiger charge is 2.09. The van der Waals surface area contributed by atoms with Crippen LogP contribution < -0.4 is 10.1 Å². The van der Waals surface area contributed by atoms with Gasteiger partial charge in [0, 0.05) is 23.4 Å². The van der Waals surface area contributed by atoms with Gasteiger partial charge in [-0.05, 0) is 48.5 Å². The molecule has 3 aromatic rings. The predicted molar refractivity (Wildman–Crippen MR) is 103 cm³/mol. The van der Waals surface area contributed by atoms with E-state index in [1.165, 1.54) is 12.1 Å². The fourth-order valence-electron chi connectivity index (χ4n) is 2.51. The van der Waals surface area contributed by atoms with Crippen LogP contribution in [0.25, 0.3) is 0 Å². The van der Waals surface area contributed by atoms with Gasteiger partial charge in [-0.15, -0.1) is 0 Å². The SMILES string of the molecule is O=C(c1ccccc1)c1ccc(OC[C@H](O)CNc2ccc(F)cc2)cc1. The number of rotatable bonds is 8. The predicted octanol–water partition coefficient (Wildman–Crippen LogP) is 3.91. The minimum Gasteiger partial charge on any atom is -0.491 e. The number of benzene rings is 3. The molecule has 138 valence electrons. The van der Waals surface area contributed by atoms with Gasteiger partial charge in [-0.2, -0.15) is 0 Å². The van der Waals surface area contributed by atoms with E-state index in [0.29, 0.717) is 16.9 Å². The second kappa shape index (κ2) is 8.96. The van der Waals surface area contributed by atoms with Crippen molar-refractivity contribution < 1.29 is 19.0 Å². The molecule has 0 unspecified atom stereocenters. The molecule has 27 heavy (non-hydrogen) atoms. The first-order chi connectivity index (χ1) is 13.1. The molecule has 0 aromatic heterocycles. The van der Waals surface area contributed by atoms with Crippen molar-refractivity contribution in [2.24, 2.45) is 0 Å². The van der Waals surface area contributed by atoms with Crippen LogP contribution in [0.5, 0.6) is 5.75 Å². The average molecular weight is 365 g/mol. The van der Waals surface area contributed by atoms with Crippen molar-refractivity contribution in [3.8, 4) is 5.75 Å². The molecule has 3 rings (SSSR count). The first-order valence-corrected chi connectivity index (χ1v) is 8.62. The molecule has 0 radical (unpaired) electrons. The van der Waals surface area contributed by atoms with Crippen LogP contribution in [0.3, 0.4) is 0 Å². The molecule has 0 heterocycles. The van der Waals surface area contributed by atoms with Crippen LogP contribution in [0.1, 0.15) is 15.9 Å². The molecular formula is C22H20FNO3. The van der Waals surface area contributed by atoms with Crippen molar-refractivity contribution in [1.29, 1.82) is 0 Å². The first-order valence-electron chi connectivity index (χ1n) is 8.62. The number of aliphatic hydroxyl groups is 1. The van der Waals surface area contributed by atoms with Crippen molar-refractivity contribution >= 4 is 11.5 Å². The van der Waals surface area contributed by atoms with E-state index >= 15 is 0 Å². The highest BCUT2D eigenvalue weighted by Crippen LogP contribution is 2.16. The molecule has 0 bridgehead atoms. The molecule has 0 aliphatic rings. The van der Waals surface area contributed by atoms with E-state index in [0.717, 1.165) is 5.69 Å². The van der Waals surface area contributed by atoms with Gasteiger partial charge in [0.15, 0.2) is 5.78 Å². The summed E-state index contributed by atoms with van der Waals surface area (Å²) < 4.78 is 18.4. The lowest BCUT2D eigenvalue weighted by atomic mass is 10.0. The molecule has 0 aliphatic heterocycles. The summed E-state index contributed by atoms with van der Waals surface area (Å²) in [5.41, 5.74) is 1.93. The van der Waals surface area contributed by atoms with Crippen molar-refractivity contribution in [1.82, 2.24) is 0 Å². The molecule has 0 amide bonds. The van der Waals surface area contributed by atoms with Crippen LogP contribution in [0, 0.1) is 5.82 Å². The lowest BCUT2D eigenvalue weighted by Crippen LogP contribution is -2.26. The van der Waals surface area contributed by atoms with Crippen molar-refractivity contribution in [2.45, 2.75) is 6.10 Å². The molecule has 4 nitrogen and oxygen atoms in total. The van der Waals surface area contributed by atoms with Crippen LogP contribution in [0.2, 0.25) is 0 Å². The van der Waals surface area contributed by atoms with E-state index in [1.807, 2.05) is 18.2 Å². The number of carbonyl (C=O) groups excluding carboxylic acids is 1. The zero-order valence-corrected chi connectivity index (χ0v) is 14.6. The van der Waals surface area contributed by atoms with Gasteiger partial charge in [0.05, 0.1) is 0 Å². The van der Waals surface area contributed by atoms with Gasteiger partial charge >= 0.3 is 0 Å². The third kappa shape index (κ3) is 5.39. The molecule has 3 aromatic carbocycles. The van der Waals surface area contributed by atoms with Crippen LogP contribution in [0.4, 0.5) is 10.1 Å². The second-order valence-electron chi connectivity index (χ2n) is 6.07. The number of ketones is 1. The number of anilines is 1. The largest absolute Gasteiger partial charge is 0.491 e. The molecule has 5 heteroatoms. The first kappa shape index (κ1) is 18.6. The van der Waals surface area contributed by atoms with E-state index in [1.54, 1.807) is 48.5 Å². The second-order valence-corrected chi connectivity index (χ2v) is 6.07. The summed E-state index contributed by atoms with van der Waals surface area (Å²) in [6.07, 6.45) is -0.735. The minimum absolute atomic E-state index is 0.0503. The summed E-state index contributed by atoms with van der Waals surface area (Å²) >= 11 is 0. The van der Waals surface area contributed by atoms with Crippen molar-refractivity contribution in [2.75, 3.05) is 18.5 Å². The Kier molecular flexibility index (Phi) is 6.18. The Balaban J connectivity index is 1.48.